The van der Waals surface area contributed by atoms with Crippen LogP contribution in [0.25, 0.3) is 11.3 Å². The number of benzene rings is 2. The van der Waals surface area contributed by atoms with Crippen LogP contribution >= 0.6 is 11.3 Å². The minimum absolute atomic E-state index is 0.0203. The van der Waals surface area contributed by atoms with Crippen molar-refractivity contribution in [2.24, 2.45) is 0 Å². The summed E-state index contributed by atoms with van der Waals surface area (Å²) in [5.74, 6) is 1.57. The van der Waals surface area contributed by atoms with Crippen LogP contribution in [0.4, 0.5) is 0 Å². The zero-order valence-corrected chi connectivity index (χ0v) is 19.4. The van der Waals surface area contributed by atoms with E-state index in [-0.39, 0.29) is 19.1 Å². The third-order valence-electron chi connectivity index (χ3n) is 5.82. The van der Waals surface area contributed by atoms with Gasteiger partial charge in [0.15, 0.2) is 11.5 Å². The first-order chi connectivity index (χ1) is 16.1. The summed E-state index contributed by atoms with van der Waals surface area (Å²) in [6.07, 6.45) is 0.285. The van der Waals surface area contributed by atoms with Crippen LogP contribution < -0.4 is 14.8 Å². The summed E-state index contributed by atoms with van der Waals surface area (Å²) in [6.45, 7) is 5.77. The molecule has 0 aliphatic carbocycles. The van der Waals surface area contributed by atoms with E-state index in [1.807, 2.05) is 47.8 Å². The van der Waals surface area contributed by atoms with Gasteiger partial charge in [0.2, 0.25) is 12.7 Å². The van der Waals surface area contributed by atoms with Gasteiger partial charge in [-0.2, -0.15) is 0 Å². The summed E-state index contributed by atoms with van der Waals surface area (Å²) in [5, 5.41) is 5.82. The largest absolute Gasteiger partial charge is 0.454 e. The third kappa shape index (κ3) is 4.64. The highest BCUT2D eigenvalue weighted by Crippen LogP contribution is 2.34. The molecule has 1 aliphatic heterocycles. The lowest BCUT2D eigenvalue weighted by Crippen LogP contribution is -2.24. The van der Waals surface area contributed by atoms with E-state index >= 15 is 0 Å². The van der Waals surface area contributed by atoms with Gasteiger partial charge in [0.25, 0.3) is 0 Å². The molecule has 0 unspecified atom stereocenters. The summed E-state index contributed by atoms with van der Waals surface area (Å²) >= 11 is 1.52. The molecule has 0 fully saturated rings. The minimum atomic E-state index is -0.0203. The van der Waals surface area contributed by atoms with Gasteiger partial charge in [-0.15, -0.1) is 11.3 Å². The summed E-state index contributed by atoms with van der Waals surface area (Å²) in [5.41, 5.74) is 6.56. The van der Waals surface area contributed by atoms with E-state index in [1.165, 1.54) is 11.3 Å². The smallest absolute Gasteiger partial charge is 0.231 e. The van der Waals surface area contributed by atoms with E-state index in [4.69, 9.17) is 14.5 Å². The van der Waals surface area contributed by atoms with Gasteiger partial charge < -0.3 is 19.4 Å². The number of hydrogen-bond acceptors (Lipinski definition) is 5. The molecule has 0 bridgehead atoms. The van der Waals surface area contributed by atoms with Gasteiger partial charge in [0, 0.05) is 35.4 Å². The highest BCUT2D eigenvalue weighted by Gasteiger charge is 2.17. The number of carbonyl (C=O) groups excluding carboxylic acids is 1. The summed E-state index contributed by atoms with van der Waals surface area (Å²) in [4.78, 5) is 17.1. The van der Waals surface area contributed by atoms with Crippen molar-refractivity contribution in [2.45, 2.75) is 33.4 Å². The van der Waals surface area contributed by atoms with E-state index in [9.17, 15) is 4.79 Å². The van der Waals surface area contributed by atoms with Gasteiger partial charge >= 0.3 is 0 Å². The Hall–Kier alpha value is -3.58. The van der Waals surface area contributed by atoms with E-state index < -0.39 is 0 Å². The minimum Gasteiger partial charge on any atom is -0.454 e. The first-order valence-corrected chi connectivity index (χ1v) is 11.8. The van der Waals surface area contributed by atoms with Crippen molar-refractivity contribution in [2.75, 3.05) is 6.79 Å². The molecule has 7 heteroatoms. The van der Waals surface area contributed by atoms with Crippen LogP contribution in [0.15, 0.2) is 60.0 Å². The highest BCUT2D eigenvalue weighted by molar-refractivity contribution is 7.10. The van der Waals surface area contributed by atoms with Crippen LogP contribution in [-0.2, 0) is 24.3 Å². The number of carbonyl (C=O) groups is 1. The van der Waals surface area contributed by atoms with Gasteiger partial charge in [-0.1, -0.05) is 36.4 Å². The lowest BCUT2D eigenvalue weighted by atomic mass is 10.2. The Labute approximate surface area is 196 Å². The number of rotatable bonds is 7. The number of nitrogens with one attached hydrogen (secondary N) is 1. The second-order valence-corrected chi connectivity index (χ2v) is 9.07. The Kier molecular flexibility index (Phi) is 5.88. The Balaban J connectivity index is 1.27. The monoisotopic (exact) mass is 459 g/mol. The molecule has 33 heavy (non-hydrogen) atoms. The van der Waals surface area contributed by atoms with Gasteiger partial charge in [0.1, 0.15) is 5.01 Å². The predicted octanol–water partition coefficient (Wildman–Crippen LogP) is 4.86. The van der Waals surface area contributed by atoms with Crippen molar-refractivity contribution < 1.29 is 14.3 Å². The maximum absolute atomic E-state index is 12.4. The fourth-order valence-corrected chi connectivity index (χ4v) is 4.83. The van der Waals surface area contributed by atoms with Crippen LogP contribution in [-0.4, -0.2) is 22.3 Å². The van der Waals surface area contributed by atoms with Crippen molar-refractivity contribution in [1.82, 2.24) is 14.9 Å². The number of nitrogens with zero attached hydrogens (tertiary/aromatic N) is 2. The van der Waals surface area contributed by atoms with Crippen LogP contribution in [0.2, 0.25) is 0 Å². The van der Waals surface area contributed by atoms with Crippen LogP contribution in [0.5, 0.6) is 11.5 Å². The van der Waals surface area contributed by atoms with Gasteiger partial charge in [-0.05, 0) is 43.2 Å². The van der Waals surface area contributed by atoms with Crippen LogP contribution in [0, 0.1) is 13.8 Å². The van der Waals surface area contributed by atoms with Crippen LogP contribution in [0.3, 0.4) is 0 Å². The molecule has 2 aromatic carbocycles. The molecule has 0 radical (unpaired) electrons. The number of amides is 1. The third-order valence-corrected chi connectivity index (χ3v) is 6.67. The molecule has 0 spiro atoms. The molecule has 1 aliphatic rings. The van der Waals surface area contributed by atoms with Gasteiger partial charge in [0.05, 0.1) is 12.1 Å². The molecule has 0 atom stereocenters. The fourth-order valence-electron chi connectivity index (χ4n) is 4.04. The molecule has 0 saturated heterocycles. The van der Waals surface area contributed by atoms with Crippen molar-refractivity contribution in [3.05, 3.63) is 87.5 Å². The van der Waals surface area contributed by atoms with Crippen LogP contribution in [0.1, 0.15) is 27.5 Å². The number of fused-ring (bicyclic) bond motifs is 1. The lowest BCUT2D eigenvalue weighted by molar-refractivity contribution is -0.120. The second kappa shape index (κ2) is 9.11. The number of aromatic nitrogens is 2. The van der Waals surface area contributed by atoms with Crippen molar-refractivity contribution in [1.29, 1.82) is 0 Å². The maximum atomic E-state index is 12.4. The van der Waals surface area contributed by atoms with E-state index in [0.29, 0.717) is 6.54 Å². The van der Waals surface area contributed by atoms with Crippen molar-refractivity contribution in [3.63, 3.8) is 0 Å². The maximum Gasteiger partial charge on any atom is 0.231 e. The van der Waals surface area contributed by atoms with Crippen molar-refractivity contribution >= 4 is 17.2 Å². The first kappa shape index (κ1) is 21.3. The van der Waals surface area contributed by atoms with Gasteiger partial charge in [-0.3, -0.25) is 4.79 Å². The Morgan fingerprint density at radius 3 is 2.73 bits per heavy atom. The summed E-state index contributed by atoms with van der Waals surface area (Å²) < 4.78 is 13.2. The number of hydrogen-bond donors (Lipinski definition) is 1. The molecule has 3 heterocycles. The number of aryl methyl sites for hydroxylation is 1. The standard InChI is InChI=1S/C26H25N3O3S/c1-17-10-21(18(2)29(17)14-20-8-9-23-24(11-20)32-16-31-23)22-15-33-26(28-22)12-25(30)27-13-19-6-4-3-5-7-19/h3-11,15H,12-14,16H2,1-2H3,(H,27,30). The van der Waals surface area contributed by atoms with Gasteiger partial charge in [-0.25, -0.2) is 4.98 Å². The predicted molar refractivity (Wildman–Crippen MR) is 129 cm³/mol. The topological polar surface area (TPSA) is 65.4 Å². The zero-order valence-electron chi connectivity index (χ0n) is 18.6. The Morgan fingerprint density at radius 1 is 1.06 bits per heavy atom. The number of ether oxygens (including phenoxy) is 2. The van der Waals surface area contributed by atoms with E-state index in [1.54, 1.807) is 0 Å². The Bertz CT molecular complexity index is 1290. The Morgan fingerprint density at radius 2 is 1.88 bits per heavy atom. The molecule has 5 rings (SSSR count). The zero-order chi connectivity index (χ0) is 22.8. The normalized spacial score (nSPS) is 12.2. The molecule has 1 amide bonds. The molecule has 2 aromatic heterocycles. The SMILES string of the molecule is Cc1cc(-c2csc(CC(=O)NCc3ccccc3)n2)c(C)n1Cc1ccc2c(c1)OCO2. The molecule has 1 N–H and O–H groups in total. The fraction of sp³-hybridized carbons (Fsp3) is 0.231. The second-order valence-electron chi connectivity index (χ2n) is 8.12. The average Bonchev–Trinajstić information content (AvgIpc) is 3.54. The van der Waals surface area contributed by atoms with E-state index in [0.717, 1.165) is 56.8 Å². The quantitative estimate of drug-likeness (QED) is 0.429. The molecular weight excluding hydrogens is 434 g/mol. The summed E-state index contributed by atoms with van der Waals surface area (Å²) in [7, 11) is 0. The number of thiazole rings is 1. The van der Waals surface area contributed by atoms with E-state index in [2.05, 4.69) is 35.9 Å². The lowest BCUT2D eigenvalue weighted by Gasteiger charge is -2.10. The molecule has 6 nitrogen and oxygen atoms in total. The molecular formula is C26H25N3O3S. The highest BCUT2D eigenvalue weighted by atomic mass is 32.1. The molecule has 168 valence electrons. The summed E-state index contributed by atoms with van der Waals surface area (Å²) in [6, 6.07) is 18.1. The first-order valence-electron chi connectivity index (χ1n) is 10.9. The molecule has 0 saturated carbocycles. The average molecular weight is 460 g/mol. The molecule has 4 aromatic rings. The van der Waals surface area contributed by atoms with Crippen molar-refractivity contribution in [3.8, 4) is 22.8 Å².